The molecule has 0 amide bonds. The fourth-order valence-electron chi connectivity index (χ4n) is 3.92. The average molecular weight is 360 g/mol. The standard InChI is InChI=1S/C19H22F2N4O/c1-12-3-4-14-15(9-12)19(26)23(2)18-16(14)10-25(22-18)13-5-7-24(8-6-13)11-17(20)21/h3-4,9-10,13,17H,5-8,11H2,1-2H3. The smallest absolute Gasteiger partial charge is 0.259 e. The second-order valence-corrected chi connectivity index (χ2v) is 7.18. The number of likely N-dealkylation sites (tertiary alicyclic amines) is 1. The maximum absolute atomic E-state index is 12.7. The van der Waals surface area contributed by atoms with Gasteiger partial charge in [0.05, 0.1) is 12.6 Å². The molecule has 3 heterocycles. The molecular formula is C19H22F2N4O. The molecule has 0 bridgehead atoms. The third kappa shape index (κ3) is 2.90. The number of hydrogen-bond acceptors (Lipinski definition) is 3. The summed E-state index contributed by atoms with van der Waals surface area (Å²) in [6, 6.07) is 6.07. The van der Waals surface area contributed by atoms with Crippen LogP contribution in [-0.4, -0.2) is 45.3 Å². The van der Waals surface area contributed by atoms with Crippen LogP contribution in [0.2, 0.25) is 0 Å². The fourth-order valence-corrected chi connectivity index (χ4v) is 3.92. The number of rotatable bonds is 3. The van der Waals surface area contributed by atoms with E-state index in [1.165, 1.54) is 0 Å². The van der Waals surface area contributed by atoms with Crippen molar-refractivity contribution in [2.45, 2.75) is 32.2 Å². The summed E-state index contributed by atoms with van der Waals surface area (Å²) in [5.41, 5.74) is 1.67. The Labute approximate surface area is 149 Å². The van der Waals surface area contributed by atoms with Crippen LogP contribution in [0.3, 0.4) is 0 Å². The van der Waals surface area contributed by atoms with Crippen molar-refractivity contribution >= 4 is 21.8 Å². The second kappa shape index (κ2) is 6.46. The first-order chi connectivity index (χ1) is 12.4. The van der Waals surface area contributed by atoms with E-state index in [1.54, 1.807) is 16.5 Å². The van der Waals surface area contributed by atoms with Crippen LogP contribution in [-0.2, 0) is 7.05 Å². The van der Waals surface area contributed by atoms with Crippen molar-refractivity contribution in [2.75, 3.05) is 19.6 Å². The molecule has 138 valence electrons. The highest BCUT2D eigenvalue weighted by molar-refractivity contribution is 6.04. The van der Waals surface area contributed by atoms with Crippen molar-refractivity contribution in [2.24, 2.45) is 7.05 Å². The maximum atomic E-state index is 12.7. The Morgan fingerprint density at radius 1 is 1.19 bits per heavy atom. The first-order valence-corrected chi connectivity index (χ1v) is 8.93. The van der Waals surface area contributed by atoms with E-state index < -0.39 is 6.43 Å². The van der Waals surface area contributed by atoms with Gasteiger partial charge in [-0.3, -0.25) is 18.9 Å². The number of pyridine rings is 1. The van der Waals surface area contributed by atoms with Crippen LogP contribution in [0.1, 0.15) is 24.4 Å². The molecule has 0 unspecified atom stereocenters. The van der Waals surface area contributed by atoms with Crippen LogP contribution >= 0.6 is 0 Å². The van der Waals surface area contributed by atoms with Gasteiger partial charge in [-0.05, 0) is 31.2 Å². The summed E-state index contributed by atoms with van der Waals surface area (Å²) in [5.74, 6) is 0. The van der Waals surface area contributed by atoms with E-state index in [9.17, 15) is 13.6 Å². The molecule has 26 heavy (non-hydrogen) atoms. The summed E-state index contributed by atoms with van der Waals surface area (Å²) in [4.78, 5) is 14.5. The first kappa shape index (κ1) is 17.1. The zero-order valence-corrected chi connectivity index (χ0v) is 15.0. The number of benzene rings is 1. The summed E-state index contributed by atoms with van der Waals surface area (Å²) in [7, 11) is 1.75. The molecule has 3 aromatic rings. The van der Waals surface area contributed by atoms with Gasteiger partial charge in [-0.1, -0.05) is 17.7 Å². The number of halogens is 2. The number of aromatic nitrogens is 3. The van der Waals surface area contributed by atoms with E-state index in [2.05, 4.69) is 5.10 Å². The molecule has 1 aliphatic heterocycles. The molecule has 0 atom stereocenters. The van der Waals surface area contributed by atoms with Crippen LogP contribution < -0.4 is 5.56 Å². The minimum atomic E-state index is -2.29. The quantitative estimate of drug-likeness (QED) is 0.721. The average Bonchev–Trinajstić information content (AvgIpc) is 3.05. The van der Waals surface area contributed by atoms with Gasteiger partial charge in [0.2, 0.25) is 0 Å². The number of piperidine rings is 1. The van der Waals surface area contributed by atoms with E-state index in [4.69, 9.17) is 0 Å². The zero-order valence-electron chi connectivity index (χ0n) is 15.0. The van der Waals surface area contributed by atoms with Crippen LogP contribution in [0.5, 0.6) is 0 Å². The van der Waals surface area contributed by atoms with Crippen molar-refractivity contribution in [3.63, 3.8) is 0 Å². The monoisotopic (exact) mass is 360 g/mol. The van der Waals surface area contributed by atoms with Gasteiger partial charge in [-0.15, -0.1) is 0 Å². The number of alkyl halides is 2. The van der Waals surface area contributed by atoms with Crippen LogP contribution in [0.4, 0.5) is 8.78 Å². The summed E-state index contributed by atoms with van der Waals surface area (Å²) in [6.45, 7) is 3.10. The van der Waals surface area contributed by atoms with E-state index in [0.29, 0.717) is 24.1 Å². The maximum Gasteiger partial charge on any atom is 0.259 e. The van der Waals surface area contributed by atoms with Crippen LogP contribution in [0.25, 0.3) is 21.8 Å². The van der Waals surface area contributed by atoms with Gasteiger partial charge in [0.25, 0.3) is 12.0 Å². The van der Waals surface area contributed by atoms with Gasteiger partial charge in [0, 0.05) is 37.1 Å². The molecule has 0 aliphatic carbocycles. The van der Waals surface area contributed by atoms with Gasteiger partial charge < -0.3 is 0 Å². The molecule has 1 aromatic carbocycles. The minimum absolute atomic E-state index is 0.0480. The second-order valence-electron chi connectivity index (χ2n) is 7.18. The predicted molar refractivity (Wildman–Crippen MR) is 97.9 cm³/mol. The van der Waals surface area contributed by atoms with Crippen molar-refractivity contribution in [1.29, 1.82) is 0 Å². The molecule has 5 nitrogen and oxygen atoms in total. The van der Waals surface area contributed by atoms with Crippen molar-refractivity contribution in [3.05, 3.63) is 40.3 Å². The Balaban J connectivity index is 1.71. The first-order valence-electron chi connectivity index (χ1n) is 8.93. The number of fused-ring (bicyclic) bond motifs is 3. The molecule has 7 heteroatoms. The highest BCUT2D eigenvalue weighted by Gasteiger charge is 2.24. The SMILES string of the molecule is Cc1ccc2c(c1)c(=O)n(C)c1nn(C3CCN(CC(F)F)CC3)cc21. The van der Waals surface area contributed by atoms with Gasteiger partial charge in [-0.2, -0.15) is 5.10 Å². The molecule has 0 saturated carbocycles. The molecule has 0 N–H and O–H groups in total. The molecule has 0 radical (unpaired) electrons. The molecule has 0 spiro atoms. The Morgan fingerprint density at radius 2 is 1.92 bits per heavy atom. The van der Waals surface area contributed by atoms with E-state index in [0.717, 1.165) is 29.2 Å². The molecule has 2 aromatic heterocycles. The Hall–Kier alpha value is -2.28. The van der Waals surface area contributed by atoms with Gasteiger partial charge in [-0.25, -0.2) is 8.78 Å². The molecule has 4 rings (SSSR count). The third-order valence-corrected chi connectivity index (χ3v) is 5.36. The lowest BCUT2D eigenvalue weighted by atomic mass is 10.1. The summed E-state index contributed by atoms with van der Waals surface area (Å²) in [5, 5.41) is 7.24. The number of nitrogens with zero attached hydrogens (tertiary/aromatic N) is 4. The van der Waals surface area contributed by atoms with Crippen molar-refractivity contribution in [1.82, 2.24) is 19.2 Å². The number of hydrogen-bond donors (Lipinski definition) is 0. The van der Waals surface area contributed by atoms with Crippen molar-refractivity contribution in [3.8, 4) is 0 Å². The van der Waals surface area contributed by atoms with Gasteiger partial charge in [0.15, 0.2) is 5.65 Å². The highest BCUT2D eigenvalue weighted by atomic mass is 19.3. The largest absolute Gasteiger partial charge is 0.298 e. The predicted octanol–water partition coefficient (Wildman–Crippen LogP) is 3.10. The van der Waals surface area contributed by atoms with Crippen LogP contribution in [0.15, 0.2) is 29.2 Å². The van der Waals surface area contributed by atoms with Gasteiger partial charge in [0.1, 0.15) is 0 Å². The topological polar surface area (TPSA) is 43.1 Å². The highest BCUT2D eigenvalue weighted by Crippen LogP contribution is 2.27. The lowest BCUT2D eigenvalue weighted by molar-refractivity contribution is 0.0690. The molecule has 1 aliphatic rings. The Bertz CT molecular complexity index is 1020. The lowest BCUT2D eigenvalue weighted by Crippen LogP contribution is -2.37. The van der Waals surface area contributed by atoms with E-state index >= 15 is 0 Å². The van der Waals surface area contributed by atoms with Gasteiger partial charge >= 0.3 is 0 Å². The number of aryl methyl sites for hydroxylation is 2. The van der Waals surface area contributed by atoms with Crippen molar-refractivity contribution < 1.29 is 8.78 Å². The zero-order chi connectivity index (χ0) is 18.4. The van der Waals surface area contributed by atoms with E-state index in [1.807, 2.05) is 36.0 Å². The normalized spacial score (nSPS) is 17.0. The molecule has 1 fully saturated rings. The fraction of sp³-hybridized carbons (Fsp3) is 0.474. The third-order valence-electron chi connectivity index (χ3n) is 5.36. The Morgan fingerprint density at radius 3 is 2.62 bits per heavy atom. The summed E-state index contributed by atoms with van der Waals surface area (Å²) >= 11 is 0. The minimum Gasteiger partial charge on any atom is -0.298 e. The summed E-state index contributed by atoms with van der Waals surface area (Å²) < 4.78 is 28.6. The summed E-state index contributed by atoms with van der Waals surface area (Å²) in [6.07, 6.45) is 1.28. The van der Waals surface area contributed by atoms with E-state index in [-0.39, 0.29) is 18.1 Å². The molecule has 1 saturated heterocycles. The Kier molecular flexibility index (Phi) is 4.26. The van der Waals surface area contributed by atoms with Crippen LogP contribution in [0, 0.1) is 6.92 Å². The lowest BCUT2D eigenvalue weighted by Gasteiger charge is -2.31. The molecular weight excluding hydrogens is 338 g/mol.